The molecule has 3 aromatic rings. The van der Waals surface area contributed by atoms with Crippen molar-refractivity contribution in [1.29, 1.82) is 0 Å². The SMILES string of the molecule is Cc1nnc(NC(=O)C2CCN(c3nc(Cl)nc4nc[nH]c34)CC2)s1. The number of nitrogens with zero attached hydrogens (tertiary/aromatic N) is 6. The largest absolute Gasteiger partial charge is 0.355 e. The normalized spacial score (nSPS) is 15.7. The van der Waals surface area contributed by atoms with E-state index in [1.165, 1.54) is 11.3 Å². The number of amides is 1. The zero-order valence-corrected chi connectivity index (χ0v) is 14.9. The van der Waals surface area contributed by atoms with Crippen LogP contribution >= 0.6 is 22.9 Å². The van der Waals surface area contributed by atoms with Gasteiger partial charge in [0.1, 0.15) is 10.5 Å². The van der Waals surface area contributed by atoms with Gasteiger partial charge in [0.2, 0.25) is 16.3 Å². The molecule has 1 amide bonds. The fraction of sp³-hybridized carbons (Fsp3) is 0.429. The smallest absolute Gasteiger partial charge is 0.229 e. The number of imidazole rings is 1. The summed E-state index contributed by atoms with van der Waals surface area (Å²) in [5.74, 6) is 0.657. The highest BCUT2D eigenvalue weighted by Gasteiger charge is 2.27. The summed E-state index contributed by atoms with van der Waals surface area (Å²) in [6.07, 6.45) is 3.02. The molecule has 0 radical (unpaired) electrons. The lowest BCUT2D eigenvalue weighted by atomic mass is 9.96. The highest BCUT2D eigenvalue weighted by molar-refractivity contribution is 7.15. The molecule has 1 aliphatic rings. The van der Waals surface area contributed by atoms with Crippen LogP contribution in [0.5, 0.6) is 0 Å². The molecule has 0 atom stereocenters. The number of carbonyl (C=O) groups is 1. The second kappa shape index (κ2) is 6.52. The molecular weight excluding hydrogens is 364 g/mol. The molecule has 130 valence electrons. The van der Waals surface area contributed by atoms with E-state index in [4.69, 9.17) is 11.6 Å². The number of aryl methyl sites for hydroxylation is 1. The first kappa shape index (κ1) is 16.2. The minimum Gasteiger partial charge on any atom is -0.355 e. The van der Waals surface area contributed by atoms with Gasteiger partial charge in [-0.2, -0.15) is 9.97 Å². The number of fused-ring (bicyclic) bond motifs is 1. The molecule has 9 nitrogen and oxygen atoms in total. The standard InChI is InChI=1S/C14H15ClN8OS/c1-7-21-22-14(25-7)20-12(24)8-2-4-23(5-3-8)11-9-10(17-6-16-9)18-13(15)19-11/h6,8H,2-5H2,1H3,(H,20,22,24)(H,16,17,18,19). The lowest BCUT2D eigenvalue weighted by molar-refractivity contribution is -0.120. The summed E-state index contributed by atoms with van der Waals surface area (Å²) in [6, 6.07) is 0. The van der Waals surface area contributed by atoms with Gasteiger partial charge >= 0.3 is 0 Å². The van der Waals surface area contributed by atoms with Crippen LogP contribution in [0.25, 0.3) is 11.2 Å². The van der Waals surface area contributed by atoms with Gasteiger partial charge in [-0.05, 0) is 31.4 Å². The number of halogens is 1. The molecule has 0 aromatic carbocycles. The Labute approximate surface area is 151 Å². The number of anilines is 2. The fourth-order valence-electron chi connectivity index (χ4n) is 2.93. The molecule has 11 heteroatoms. The molecular formula is C14H15ClN8OS. The van der Waals surface area contributed by atoms with Crippen LogP contribution in [0.4, 0.5) is 10.9 Å². The lowest BCUT2D eigenvalue weighted by Crippen LogP contribution is -2.38. The molecule has 0 saturated carbocycles. The fourth-order valence-corrected chi connectivity index (χ4v) is 3.68. The van der Waals surface area contributed by atoms with Crippen LogP contribution in [0.3, 0.4) is 0 Å². The van der Waals surface area contributed by atoms with E-state index in [1.807, 2.05) is 6.92 Å². The summed E-state index contributed by atoms with van der Waals surface area (Å²) in [6.45, 7) is 3.26. The van der Waals surface area contributed by atoms with Crippen molar-refractivity contribution in [3.63, 3.8) is 0 Å². The van der Waals surface area contributed by atoms with Crippen molar-refractivity contribution in [1.82, 2.24) is 30.1 Å². The first-order valence-corrected chi connectivity index (χ1v) is 9.02. The van der Waals surface area contributed by atoms with Gasteiger partial charge < -0.3 is 15.2 Å². The van der Waals surface area contributed by atoms with Gasteiger partial charge in [-0.3, -0.25) is 4.79 Å². The number of aromatic nitrogens is 6. The molecule has 4 heterocycles. The highest BCUT2D eigenvalue weighted by Crippen LogP contribution is 2.28. The van der Waals surface area contributed by atoms with Crippen molar-refractivity contribution in [2.45, 2.75) is 19.8 Å². The van der Waals surface area contributed by atoms with Crippen molar-refractivity contribution in [3.05, 3.63) is 16.6 Å². The van der Waals surface area contributed by atoms with Crippen LogP contribution in [-0.2, 0) is 4.79 Å². The Bertz CT molecular complexity index is 917. The first-order chi connectivity index (χ1) is 12.1. The lowest BCUT2D eigenvalue weighted by Gasteiger charge is -2.32. The predicted octanol–water partition coefficient (Wildman–Crippen LogP) is 2.02. The van der Waals surface area contributed by atoms with Gasteiger partial charge in [0.15, 0.2) is 11.5 Å². The van der Waals surface area contributed by atoms with E-state index in [-0.39, 0.29) is 17.1 Å². The quantitative estimate of drug-likeness (QED) is 0.670. The van der Waals surface area contributed by atoms with Crippen molar-refractivity contribution in [3.8, 4) is 0 Å². The number of carbonyl (C=O) groups excluding carboxylic acids is 1. The van der Waals surface area contributed by atoms with Crippen LogP contribution in [0.15, 0.2) is 6.33 Å². The van der Waals surface area contributed by atoms with Crippen LogP contribution in [0.2, 0.25) is 5.28 Å². The Morgan fingerprint density at radius 2 is 2.16 bits per heavy atom. The molecule has 0 spiro atoms. The Balaban J connectivity index is 1.44. The van der Waals surface area contributed by atoms with Gasteiger partial charge in [0.05, 0.1) is 6.33 Å². The van der Waals surface area contributed by atoms with E-state index in [9.17, 15) is 4.79 Å². The number of rotatable bonds is 3. The molecule has 3 aromatic heterocycles. The second-order valence-electron chi connectivity index (χ2n) is 5.79. The molecule has 4 rings (SSSR count). The summed E-state index contributed by atoms with van der Waals surface area (Å²) in [4.78, 5) is 30.1. The van der Waals surface area contributed by atoms with Gasteiger partial charge in [-0.15, -0.1) is 10.2 Å². The van der Waals surface area contributed by atoms with E-state index >= 15 is 0 Å². The van der Waals surface area contributed by atoms with Crippen LogP contribution in [-0.4, -0.2) is 49.1 Å². The van der Waals surface area contributed by atoms with Gasteiger partial charge in [0, 0.05) is 19.0 Å². The monoisotopic (exact) mass is 378 g/mol. The Morgan fingerprint density at radius 1 is 1.36 bits per heavy atom. The topological polar surface area (TPSA) is 113 Å². The third kappa shape index (κ3) is 3.27. The first-order valence-electron chi connectivity index (χ1n) is 7.82. The van der Waals surface area contributed by atoms with E-state index in [2.05, 4.69) is 40.3 Å². The second-order valence-corrected chi connectivity index (χ2v) is 7.31. The van der Waals surface area contributed by atoms with Crippen LogP contribution in [0.1, 0.15) is 17.8 Å². The van der Waals surface area contributed by atoms with Crippen LogP contribution < -0.4 is 10.2 Å². The van der Waals surface area contributed by atoms with Crippen molar-refractivity contribution < 1.29 is 4.79 Å². The number of hydrogen-bond donors (Lipinski definition) is 2. The Kier molecular flexibility index (Phi) is 4.22. The number of piperidine rings is 1. The van der Waals surface area contributed by atoms with Crippen molar-refractivity contribution >= 4 is 51.0 Å². The van der Waals surface area contributed by atoms with Gasteiger partial charge in [-0.25, -0.2) is 4.98 Å². The molecule has 0 bridgehead atoms. The van der Waals surface area contributed by atoms with Crippen molar-refractivity contribution in [2.24, 2.45) is 5.92 Å². The summed E-state index contributed by atoms with van der Waals surface area (Å²) < 4.78 is 0. The van der Waals surface area contributed by atoms with Gasteiger partial charge in [-0.1, -0.05) is 11.3 Å². The third-order valence-corrected chi connectivity index (χ3v) is 5.08. The summed E-state index contributed by atoms with van der Waals surface area (Å²) in [5, 5.41) is 12.2. The molecule has 25 heavy (non-hydrogen) atoms. The van der Waals surface area contributed by atoms with E-state index in [0.29, 0.717) is 23.9 Å². The van der Waals surface area contributed by atoms with E-state index in [1.54, 1.807) is 6.33 Å². The minimum atomic E-state index is -0.0602. The molecule has 0 aliphatic carbocycles. The van der Waals surface area contributed by atoms with E-state index < -0.39 is 0 Å². The Hall–Kier alpha value is -2.33. The molecule has 0 unspecified atom stereocenters. The number of hydrogen-bond acceptors (Lipinski definition) is 8. The maximum Gasteiger partial charge on any atom is 0.229 e. The highest BCUT2D eigenvalue weighted by atomic mass is 35.5. The Morgan fingerprint density at radius 3 is 2.88 bits per heavy atom. The molecule has 1 fully saturated rings. The number of nitrogens with one attached hydrogen (secondary N) is 2. The zero-order chi connectivity index (χ0) is 17.4. The van der Waals surface area contributed by atoms with E-state index in [0.717, 1.165) is 29.2 Å². The van der Waals surface area contributed by atoms with Crippen molar-refractivity contribution in [2.75, 3.05) is 23.3 Å². The number of aromatic amines is 1. The third-order valence-electron chi connectivity index (χ3n) is 4.16. The maximum absolute atomic E-state index is 12.4. The summed E-state index contributed by atoms with van der Waals surface area (Å²) in [7, 11) is 0. The summed E-state index contributed by atoms with van der Waals surface area (Å²) >= 11 is 7.37. The number of H-pyrrole nitrogens is 1. The molecule has 1 saturated heterocycles. The molecule has 1 aliphatic heterocycles. The average molecular weight is 379 g/mol. The van der Waals surface area contributed by atoms with Crippen LogP contribution in [0, 0.1) is 12.8 Å². The minimum absolute atomic E-state index is 0.0109. The maximum atomic E-state index is 12.4. The molecule has 2 N–H and O–H groups in total. The average Bonchev–Trinajstić information content (AvgIpc) is 3.23. The van der Waals surface area contributed by atoms with Gasteiger partial charge in [0.25, 0.3) is 0 Å². The summed E-state index contributed by atoms with van der Waals surface area (Å²) in [5.41, 5.74) is 1.30. The predicted molar refractivity (Wildman–Crippen MR) is 94.9 cm³/mol. The zero-order valence-electron chi connectivity index (χ0n) is 13.4.